The van der Waals surface area contributed by atoms with Crippen LogP contribution in [0.5, 0.6) is 11.5 Å². The van der Waals surface area contributed by atoms with Crippen LogP contribution in [0.4, 0.5) is 21.0 Å². The second-order valence-electron chi connectivity index (χ2n) is 15.2. The Morgan fingerprint density at radius 3 is 1.78 bits per heavy atom. The van der Waals surface area contributed by atoms with Crippen LogP contribution in [0.25, 0.3) is 0 Å². The highest BCUT2D eigenvalue weighted by molar-refractivity contribution is 6.42. The molecule has 1 aliphatic carbocycles. The van der Waals surface area contributed by atoms with Crippen LogP contribution in [0.1, 0.15) is 71.3 Å². The lowest BCUT2D eigenvalue weighted by atomic mass is 9.90. The molecule has 1 fully saturated rings. The van der Waals surface area contributed by atoms with Gasteiger partial charge < -0.3 is 54.6 Å². The van der Waals surface area contributed by atoms with Gasteiger partial charge in [0.2, 0.25) is 11.8 Å². The number of dihydropyridines is 1. The number of hydrogen-bond acceptors (Lipinski definition) is 14. The summed E-state index contributed by atoms with van der Waals surface area (Å²) < 4.78 is 34.3. The van der Waals surface area contributed by atoms with Crippen LogP contribution >= 0.6 is 23.2 Å². The van der Waals surface area contributed by atoms with Gasteiger partial charge in [-0.15, -0.1) is 0 Å². The monoisotopic (exact) mass is 912 g/mol. The molecule has 16 nitrogen and oxygen atoms in total. The van der Waals surface area contributed by atoms with Gasteiger partial charge in [0.15, 0.2) is 0 Å². The molecule has 1 saturated carbocycles. The highest BCUT2D eigenvalue weighted by Crippen LogP contribution is 2.44. The van der Waals surface area contributed by atoms with Crippen molar-refractivity contribution in [3.63, 3.8) is 0 Å². The van der Waals surface area contributed by atoms with Crippen LogP contribution in [-0.2, 0) is 28.5 Å². The molecule has 3 aromatic carbocycles. The van der Waals surface area contributed by atoms with E-state index in [9.17, 15) is 29.4 Å². The van der Waals surface area contributed by atoms with E-state index < -0.39 is 30.4 Å². The van der Waals surface area contributed by atoms with Gasteiger partial charge in [-0.05, 0) is 106 Å². The minimum Gasteiger partial charge on any atom is -0.491 e. The number of aliphatic hydroxyl groups is 2. The molecule has 0 saturated heterocycles. The molecule has 340 valence electrons. The summed E-state index contributed by atoms with van der Waals surface area (Å²) in [6, 6.07) is 18.3. The molecule has 3 aromatic rings. The molecule has 2 amide bonds. The molecule has 0 spiro atoms. The lowest BCUT2D eigenvalue weighted by Gasteiger charge is -2.31. The molecule has 0 bridgehead atoms. The van der Waals surface area contributed by atoms with Crippen LogP contribution in [-0.4, -0.2) is 97.0 Å². The van der Waals surface area contributed by atoms with E-state index in [0.717, 1.165) is 25.7 Å². The number of aliphatic hydroxyl groups excluding tert-OH is 2. The first-order valence-corrected chi connectivity index (χ1v) is 21.4. The first kappa shape index (κ1) is 48.5. The molecule has 3 atom stereocenters. The lowest BCUT2D eigenvalue weighted by molar-refractivity contribution is -0.115. The van der Waals surface area contributed by atoms with Gasteiger partial charge in [0.25, 0.3) is 0 Å². The summed E-state index contributed by atoms with van der Waals surface area (Å²) in [4.78, 5) is 50.9. The summed E-state index contributed by atoms with van der Waals surface area (Å²) in [5.41, 5.74) is 2.52. The normalized spacial score (nSPS) is 16.2. The molecule has 1 aliphatic heterocycles. The maximum absolute atomic E-state index is 13.3. The number of carbonyl (C=O) groups excluding carboxylic acids is 4. The molecular formula is C45H54Cl2N4O12. The Balaban J connectivity index is 1.20. The molecule has 3 unspecified atom stereocenters. The van der Waals surface area contributed by atoms with Crippen molar-refractivity contribution in [2.45, 2.75) is 84.0 Å². The van der Waals surface area contributed by atoms with Crippen LogP contribution in [0.2, 0.25) is 10.0 Å². The van der Waals surface area contributed by atoms with Crippen LogP contribution in [0, 0.1) is 0 Å². The summed E-state index contributed by atoms with van der Waals surface area (Å²) in [5, 5.41) is 30.9. The summed E-state index contributed by atoms with van der Waals surface area (Å²) in [6.07, 6.45) is -0.511. The third kappa shape index (κ3) is 15.4. The van der Waals surface area contributed by atoms with Gasteiger partial charge in [-0.25, -0.2) is 9.59 Å². The number of rotatable bonds is 20. The average molecular weight is 914 g/mol. The maximum Gasteiger partial charge on any atom is 0.513 e. The number of ether oxygens (including phenoxy) is 6. The van der Waals surface area contributed by atoms with Crippen molar-refractivity contribution in [3.8, 4) is 11.5 Å². The van der Waals surface area contributed by atoms with E-state index in [-0.39, 0.29) is 85.4 Å². The summed E-state index contributed by atoms with van der Waals surface area (Å²) in [6.45, 7) is 6.37. The van der Waals surface area contributed by atoms with E-state index in [1.54, 1.807) is 85.5 Å². The predicted octanol–water partition coefficient (Wildman–Crippen LogP) is 7.88. The number of hydrogen-bond donors (Lipinski definition) is 5. The fourth-order valence-corrected chi connectivity index (χ4v) is 7.51. The maximum atomic E-state index is 13.3. The van der Waals surface area contributed by atoms with E-state index in [2.05, 4.69) is 16.0 Å². The first-order chi connectivity index (χ1) is 30.1. The second kappa shape index (κ2) is 23.8. The average Bonchev–Trinajstić information content (AvgIpc) is 3.74. The Bertz CT molecular complexity index is 2040. The van der Waals surface area contributed by atoms with Crippen molar-refractivity contribution in [3.05, 3.63) is 105 Å². The number of amides is 2. The van der Waals surface area contributed by atoms with Crippen LogP contribution in [0.3, 0.4) is 0 Å². The van der Waals surface area contributed by atoms with Gasteiger partial charge in [-0.1, -0.05) is 35.3 Å². The van der Waals surface area contributed by atoms with Gasteiger partial charge in [-0.3, -0.25) is 14.5 Å². The molecule has 0 radical (unpaired) electrons. The number of benzene rings is 3. The Hall–Kier alpha value is -5.52. The van der Waals surface area contributed by atoms with Crippen LogP contribution in [0.15, 0.2) is 89.6 Å². The quantitative estimate of drug-likeness (QED) is 0.0541. The minimum absolute atomic E-state index is 0.0702. The van der Waals surface area contributed by atoms with Gasteiger partial charge >= 0.3 is 12.3 Å². The van der Waals surface area contributed by atoms with E-state index in [1.165, 1.54) is 13.8 Å². The fraction of sp³-hybridized carbons (Fsp3) is 0.422. The molecular weight excluding hydrogens is 859 g/mol. The zero-order chi connectivity index (χ0) is 45.5. The van der Waals surface area contributed by atoms with Crippen LogP contribution < -0.4 is 25.4 Å². The Labute approximate surface area is 376 Å². The standard InChI is InChI=1S/C45H54Cl2N4O12/c1-27-42(40(38-11-7-12-39(46)41(38)47)43(28(2)48-27)63-45(57)61-37-9-5-6-10-37)62-44(56)58-22-8-21-51(23-33(54)25-59-35-17-13-31(14-18-35)49-29(3)52)24-34(55)26-60-36-19-15-32(16-20-36)50-30(4)53/h7,11-20,33-34,37,40,48,54-55H,5-6,8-10,21-26H2,1-4H3,(H,49,52)(H,50,53). The molecule has 1 heterocycles. The van der Waals surface area contributed by atoms with E-state index in [4.69, 9.17) is 51.6 Å². The fourth-order valence-electron chi connectivity index (χ4n) is 7.09. The summed E-state index contributed by atoms with van der Waals surface area (Å²) in [5.74, 6) is -0.253. The van der Waals surface area contributed by atoms with E-state index >= 15 is 0 Å². The predicted molar refractivity (Wildman–Crippen MR) is 236 cm³/mol. The Morgan fingerprint density at radius 2 is 1.27 bits per heavy atom. The van der Waals surface area contributed by atoms with Crippen molar-refractivity contribution < 1.29 is 57.8 Å². The number of anilines is 2. The lowest BCUT2D eigenvalue weighted by Crippen LogP contribution is -2.42. The number of nitrogens with one attached hydrogen (secondary N) is 3. The Morgan fingerprint density at radius 1 is 0.762 bits per heavy atom. The zero-order valence-corrected chi connectivity index (χ0v) is 37.1. The largest absolute Gasteiger partial charge is 0.513 e. The molecule has 18 heteroatoms. The molecule has 5 N–H and O–H groups in total. The SMILES string of the molecule is CC(=O)Nc1ccc(OCC(O)CN(CCCOC(=O)OC2=C(C)NC(C)=C(OC(=O)OC3CCCC3)C2c2cccc(Cl)c2Cl)CC(O)COc2ccc(NC(C)=O)cc2)cc1. The smallest absolute Gasteiger partial charge is 0.491 e. The highest BCUT2D eigenvalue weighted by Gasteiger charge is 2.37. The third-order valence-corrected chi connectivity index (χ3v) is 10.7. The number of carbonyl (C=O) groups is 4. The molecule has 63 heavy (non-hydrogen) atoms. The summed E-state index contributed by atoms with van der Waals surface area (Å²) in [7, 11) is 0. The van der Waals surface area contributed by atoms with Crippen molar-refractivity contribution >= 4 is 58.7 Å². The van der Waals surface area contributed by atoms with Crippen molar-refractivity contribution in [1.82, 2.24) is 10.2 Å². The van der Waals surface area contributed by atoms with E-state index in [0.29, 0.717) is 39.8 Å². The summed E-state index contributed by atoms with van der Waals surface area (Å²) >= 11 is 13.1. The van der Waals surface area contributed by atoms with Gasteiger partial charge in [0.05, 0.1) is 28.0 Å². The third-order valence-electron chi connectivity index (χ3n) is 9.89. The van der Waals surface area contributed by atoms with Crippen molar-refractivity contribution in [1.29, 1.82) is 0 Å². The number of halogens is 2. The van der Waals surface area contributed by atoms with Crippen molar-refractivity contribution in [2.75, 3.05) is 50.1 Å². The number of allylic oxidation sites excluding steroid dienone is 2. The van der Waals surface area contributed by atoms with Crippen molar-refractivity contribution in [2.24, 2.45) is 0 Å². The molecule has 2 aliphatic rings. The Kier molecular flexibility index (Phi) is 18.3. The van der Waals surface area contributed by atoms with Gasteiger partial charge in [0, 0.05) is 44.9 Å². The molecule has 0 aromatic heterocycles. The topological polar surface area (TPSA) is 203 Å². The first-order valence-electron chi connectivity index (χ1n) is 20.6. The molecule has 5 rings (SSSR count). The zero-order valence-electron chi connectivity index (χ0n) is 35.6. The minimum atomic E-state index is -1.04. The second-order valence-corrected chi connectivity index (χ2v) is 16.0. The number of nitrogens with zero attached hydrogens (tertiary/aromatic N) is 1. The van der Waals surface area contributed by atoms with Gasteiger partial charge in [0.1, 0.15) is 60.5 Å². The van der Waals surface area contributed by atoms with Gasteiger partial charge in [-0.2, -0.15) is 0 Å². The highest BCUT2D eigenvalue weighted by atomic mass is 35.5. The van der Waals surface area contributed by atoms with E-state index in [1.807, 2.05) is 0 Å².